The van der Waals surface area contributed by atoms with Crippen LogP contribution in [0.15, 0.2) is 53.5 Å². The van der Waals surface area contributed by atoms with E-state index in [0.717, 1.165) is 28.9 Å². The minimum Gasteiger partial charge on any atom is -0.496 e. The van der Waals surface area contributed by atoms with Crippen LogP contribution in [0.25, 0.3) is 0 Å². The van der Waals surface area contributed by atoms with Crippen molar-refractivity contribution < 1.29 is 13.2 Å². The molecule has 0 saturated carbocycles. The van der Waals surface area contributed by atoms with Crippen LogP contribution >= 0.6 is 0 Å². The lowest BCUT2D eigenvalue weighted by Gasteiger charge is -2.13. The molecular formula is C21H30N4O3S. The number of aryl methyl sites for hydroxylation is 1. The summed E-state index contributed by atoms with van der Waals surface area (Å²) in [5, 5.41) is 6.23. The van der Waals surface area contributed by atoms with Gasteiger partial charge in [0, 0.05) is 26.7 Å². The van der Waals surface area contributed by atoms with Gasteiger partial charge in [0.05, 0.1) is 12.9 Å². The van der Waals surface area contributed by atoms with Crippen LogP contribution in [0.4, 0.5) is 0 Å². The zero-order chi connectivity index (χ0) is 21.1. The summed E-state index contributed by atoms with van der Waals surface area (Å²) >= 11 is 0. The molecule has 2 aromatic rings. The van der Waals surface area contributed by atoms with E-state index in [1.807, 2.05) is 49.4 Å². The van der Waals surface area contributed by atoms with Crippen LogP contribution in [0.3, 0.4) is 0 Å². The van der Waals surface area contributed by atoms with Gasteiger partial charge in [-0.15, -0.1) is 0 Å². The summed E-state index contributed by atoms with van der Waals surface area (Å²) in [7, 11) is -0.0434. The van der Waals surface area contributed by atoms with Crippen molar-refractivity contribution in [3.63, 3.8) is 0 Å². The molecule has 0 heterocycles. The Morgan fingerprint density at radius 3 is 2.45 bits per heavy atom. The monoisotopic (exact) mass is 418 g/mol. The Morgan fingerprint density at radius 2 is 1.76 bits per heavy atom. The predicted molar refractivity (Wildman–Crippen MR) is 118 cm³/mol. The molecule has 2 rings (SSSR count). The number of guanidine groups is 1. The molecule has 0 radical (unpaired) electrons. The number of aliphatic imine (C=N–C) groups is 1. The highest BCUT2D eigenvalue weighted by molar-refractivity contribution is 7.89. The molecule has 0 atom stereocenters. The Labute approximate surface area is 173 Å². The molecule has 0 spiro atoms. The summed E-state index contributed by atoms with van der Waals surface area (Å²) in [6, 6.07) is 15.6. The first-order valence-corrected chi connectivity index (χ1v) is 11.2. The van der Waals surface area contributed by atoms with Gasteiger partial charge < -0.3 is 15.4 Å². The molecule has 7 nitrogen and oxygen atoms in total. The van der Waals surface area contributed by atoms with E-state index in [9.17, 15) is 8.42 Å². The van der Waals surface area contributed by atoms with Crippen LogP contribution in [0, 0.1) is 6.92 Å². The van der Waals surface area contributed by atoms with Crippen molar-refractivity contribution in [1.29, 1.82) is 0 Å². The van der Waals surface area contributed by atoms with Gasteiger partial charge >= 0.3 is 0 Å². The van der Waals surface area contributed by atoms with E-state index in [4.69, 9.17) is 4.74 Å². The third kappa shape index (κ3) is 8.13. The van der Waals surface area contributed by atoms with Crippen LogP contribution in [0.5, 0.6) is 5.75 Å². The Hall–Kier alpha value is -2.58. The van der Waals surface area contributed by atoms with Gasteiger partial charge in [-0.05, 0) is 36.1 Å². The topological polar surface area (TPSA) is 91.8 Å². The van der Waals surface area contributed by atoms with E-state index in [1.165, 1.54) is 0 Å². The molecule has 0 unspecified atom stereocenters. The third-order valence-corrected chi connectivity index (χ3v) is 5.73. The maximum absolute atomic E-state index is 12.1. The second kappa shape index (κ2) is 11.4. The first kappa shape index (κ1) is 22.7. The molecule has 29 heavy (non-hydrogen) atoms. The maximum Gasteiger partial charge on any atom is 0.213 e. The molecule has 158 valence electrons. The van der Waals surface area contributed by atoms with Crippen LogP contribution in [-0.2, 0) is 23.0 Å². The number of hydrogen-bond donors (Lipinski definition) is 3. The number of rotatable bonds is 10. The summed E-state index contributed by atoms with van der Waals surface area (Å²) in [6.07, 6.45) is 0.800. The predicted octanol–water partition coefficient (Wildman–Crippen LogP) is 1.83. The van der Waals surface area contributed by atoms with E-state index in [1.54, 1.807) is 14.2 Å². The van der Waals surface area contributed by atoms with Crippen molar-refractivity contribution in [2.45, 2.75) is 19.9 Å². The van der Waals surface area contributed by atoms with E-state index < -0.39 is 10.0 Å². The number of ether oxygens (including phenoxy) is 1. The van der Waals surface area contributed by atoms with Crippen molar-refractivity contribution in [2.75, 3.05) is 33.0 Å². The summed E-state index contributed by atoms with van der Waals surface area (Å²) in [4.78, 5) is 4.13. The van der Waals surface area contributed by atoms with Crippen LogP contribution in [-0.4, -0.2) is 47.4 Å². The molecule has 0 amide bonds. The minimum absolute atomic E-state index is 0.0320. The standard InChI is InChI=1S/C21H30N4O3S/c1-17-9-10-18(15-20(17)28-3)11-12-23-21(22-2)24-13-14-29(26,27)25-16-19-7-5-4-6-8-19/h4-10,15,25H,11-14,16H2,1-3H3,(H2,22,23,24). The third-order valence-electron chi connectivity index (χ3n) is 4.40. The number of methoxy groups -OCH3 is 1. The van der Waals surface area contributed by atoms with Crippen molar-refractivity contribution in [2.24, 2.45) is 4.99 Å². The van der Waals surface area contributed by atoms with Crippen LogP contribution in [0.2, 0.25) is 0 Å². The largest absolute Gasteiger partial charge is 0.496 e. The van der Waals surface area contributed by atoms with E-state index in [2.05, 4.69) is 26.4 Å². The number of benzene rings is 2. The fourth-order valence-corrected chi connectivity index (χ4v) is 3.63. The fraction of sp³-hybridized carbons (Fsp3) is 0.381. The Morgan fingerprint density at radius 1 is 1.03 bits per heavy atom. The van der Waals surface area contributed by atoms with Gasteiger partial charge in [0.25, 0.3) is 0 Å². The van der Waals surface area contributed by atoms with Crippen molar-refractivity contribution >= 4 is 16.0 Å². The Kier molecular flexibility index (Phi) is 8.95. The lowest BCUT2D eigenvalue weighted by atomic mass is 10.1. The van der Waals surface area contributed by atoms with Crippen molar-refractivity contribution in [3.8, 4) is 5.75 Å². The molecule has 2 aromatic carbocycles. The molecule has 0 bridgehead atoms. The maximum atomic E-state index is 12.1. The molecule has 3 N–H and O–H groups in total. The Bertz CT molecular complexity index is 899. The van der Waals surface area contributed by atoms with E-state index in [0.29, 0.717) is 12.5 Å². The molecule has 8 heteroatoms. The van der Waals surface area contributed by atoms with E-state index >= 15 is 0 Å². The number of hydrogen-bond acceptors (Lipinski definition) is 4. The fourth-order valence-electron chi connectivity index (χ4n) is 2.73. The lowest BCUT2D eigenvalue weighted by Crippen LogP contribution is -2.41. The highest BCUT2D eigenvalue weighted by atomic mass is 32.2. The second-order valence-corrected chi connectivity index (χ2v) is 8.53. The first-order valence-electron chi connectivity index (χ1n) is 9.53. The zero-order valence-corrected chi connectivity index (χ0v) is 18.1. The van der Waals surface area contributed by atoms with Gasteiger partial charge in [0.1, 0.15) is 5.75 Å². The first-order chi connectivity index (χ1) is 13.9. The van der Waals surface area contributed by atoms with Crippen molar-refractivity contribution in [1.82, 2.24) is 15.4 Å². The summed E-state index contributed by atoms with van der Waals surface area (Å²) in [5.41, 5.74) is 3.18. The average Bonchev–Trinajstić information content (AvgIpc) is 2.73. The summed E-state index contributed by atoms with van der Waals surface area (Å²) < 4.78 is 32.2. The highest BCUT2D eigenvalue weighted by Gasteiger charge is 2.10. The van der Waals surface area contributed by atoms with Gasteiger partial charge in [-0.1, -0.05) is 42.5 Å². The second-order valence-electron chi connectivity index (χ2n) is 6.61. The van der Waals surface area contributed by atoms with Crippen LogP contribution < -0.4 is 20.1 Å². The minimum atomic E-state index is -3.37. The average molecular weight is 419 g/mol. The highest BCUT2D eigenvalue weighted by Crippen LogP contribution is 2.18. The Balaban J connectivity index is 1.71. The zero-order valence-electron chi connectivity index (χ0n) is 17.2. The molecule has 0 aliphatic heterocycles. The molecule has 0 aliphatic rings. The molecule has 0 saturated heterocycles. The molecule has 0 aromatic heterocycles. The number of nitrogens with zero attached hydrogens (tertiary/aromatic N) is 1. The number of nitrogens with one attached hydrogen (secondary N) is 3. The summed E-state index contributed by atoms with van der Waals surface area (Å²) in [5.74, 6) is 1.41. The van der Waals surface area contributed by atoms with Crippen molar-refractivity contribution in [3.05, 3.63) is 65.2 Å². The molecule has 0 fully saturated rings. The van der Waals surface area contributed by atoms with Gasteiger partial charge in [-0.25, -0.2) is 13.1 Å². The molecule has 0 aliphatic carbocycles. The lowest BCUT2D eigenvalue weighted by molar-refractivity contribution is 0.411. The quantitative estimate of drug-likeness (QED) is 0.404. The van der Waals surface area contributed by atoms with Crippen LogP contribution in [0.1, 0.15) is 16.7 Å². The molecular weight excluding hydrogens is 388 g/mol. The van der Waals surface area contributed by atoms with Gasteiger partial charge in [-0.2, -0.15) is 0 Å². The normalized spacial score (nSPS) is 11.9. The smallest absolute Gasteiger partial charge is 0.213 e. The van der Waals surface area contributed by atoms with Gasteiger partial charge in [-0.3, -0.25) is 4.99 Å². The van der Waals surface area contributed by atoms with E-state index in [-0.39, 0.29) is 18.8 Å². The SMILES string of the molecule is CN=C(NCCc1ccc(C)c(OC)c1)NCCS(=O)(=O)NCc1ccccc1. The summed E-state index contributed by atoms with van der Waals surface area (Å²) in [6.45, 7) is 3.23. The number of sulfonamides is 1. The van der Waals surface area contributed by atoms with Gasteiger partial charge in [0.2, 0.25) is 10.0 Å². The van der Waals surface area contributed by atoms with Gasteiger partial charge in [0.15, 0.2) is 5.96 Å².